The monoisotopic (exact) mass is 302 g/mol. The lowest BCUT2D eigenvalue weighted by Crippen LogP contribution is -2.38. The third-order valence-electron chi connectivity index (χ3n) is 2.67. The van der Waals surface area contributed by atoms with Crippen LogP contribution in [0.3, 0.4) is 0 Å². The molecule has 1 aromatic carbocycles. The molecule has 3 nitrogen and oxygen atoms in total. The van der Waals surface area contributed by atoms with E-state index in [2.05, 4.69) is 21.2 Å². The molecule has 0 saturated heterocycles. The number of hydrogen-bond acceptors (Lipinski definition) is 2. The molecule has 0 heterocycles. The Hall–Kier alpha value is -0.940. The van der Waals surface area contributed by atoms with Gasteiger partial charge in [0.05, 0.1) is 0 Å². The van der Waals surface area contributed by atoms with Gasteiger partial charge in [0.15, 0.2) is 0 Å². The minimum atomic E-state index is -0.309. The maximum atomic E-state index is 12.8. The highest BCUT2D eigenvalue weighted by Crippen LogP contribution is 2.17. The van der Waals surface area contributed by atoms with Crippen LogP contribution >= 0.6 is 15.9 Å². The number of amides is 1. The SMILES string of the molecule is CC(N)C(C)C(=O)NCc1ccc(F)cc1Br. The molecule has 1 rings (SSSR count). The fourth-order valence-electron chi connectivity index (χ4n) is 1.25. The van der Waals surface area contributed by atoms with Gasteiger partial charge in [-0.15, -0.1) is 0 Å². The minimum absolute atomic E-state index is 0.101. The molecular formula is C12H16BrFN2O. The molecule has 0 aliphatic rings. The van der Waals surface area contributed by atoms with Crippen molar-refractivity contribution < 1.29 is 9.18 Å². The van der Waals surface area contributed by atoms with E-state index in [0.717, 1.165) is 5.56 Å². The average molecular weight is 303 g/mol. The van der Waals surface area contributed by atoms with Gasteiger partial charge < -0.3 is 11.1 Å². The number of carbonyl (C=O) groups is 1. The minimum Gasteiger partial charge on any atom is -0.352 e. The predicted octanol–water partition coefficient (Wildman–Crippen LogP) is 2.19. The van der Waals surface area contributed by atoms with Crippen LogP contribution in [0, 0.1) is 11.7 Å². The summed E-state index contributed by atoms with van der Waals surface area (Å²) in [6.07, 6.45) is 0. The van der Waals surface area contributed by atoms with Crippen LogP contribution in [0.25, 0.3) is 0 Å². The van der Waals surface area contributed by atoms with Crippen LogP contribution in [-0.4, -0.2) is 11.9 Å². The van der Waals surface area contributed by atoms with Crippen LogP contribution < -0.4 is 11.1 Å². The first-order valence-corrected chi connectivity index (χ1v) is 6.18. The van der Waals surface area contributed by atoms with Crippen LogP contribution in [0.2, 0.25) is 0 Å². The van der Waals surface area contributed by atoms with E-state index in [0.29, 0.717) is 11.0 Å². The van der Waals surface area contributed by atoms with E-state index in [4.69, 9.17) is 5.73 Å². The Kier molecular flexibility index (Phi) is 5.08. The summed E-state index contributed by atoms with van der Waals surface area (Å²) in [5, 5.41) is 2.77. The molecule has 0 spiro atoms. The summed E-state index contributed by atoms with van der Waals surface area (Å²) in [6, 6.07) is 4.18. The summed E-state index contributed by atoms with van der Waals surface area (Å²) in [5.74, 6) is -0.652. The van der Waals surface area contributed by atoms with Crippen molar-refractivity contribution in [3.63, 3.8) is 0 Å². The Balaban J connectivity index is 2.59. The molecule has 1 amide bonds. The summed E-state index contributed by atoms with van der Waals surface area (Å²) < 4.78 is 13.5. The van der Waals surface area contributed by atoms with Crippen molar-refractivity contribution in [2.45, 2.75) is 26.4 Å². The van der Waals surface area contributed by atoms with Crippen molar-refractivity contribution in [1.29, 1.82) is 0 Å². The van der Waals surface area contributed by atoms with Crippen LogP contribution in [-0.2, 0) is 11.3 Å². The second kappa shape index (κ2) is 6.12. The highest BCUT2D eigenvalue weighted by Gasteiger charge is 2.16. The molecular weight excluding hydrogens is 287 g/mol. The number of halogens is 2. The standard InChI is InChI=1S/C12H16BrFN2O/c1-7(8(2)15)12(17)16-6-9-3-4-10(14)5-11(9)13/h3-5,7-8H,6,15H2,1-2H3,(H,16,17). The van der Waals surface area contributed by atoms with Crippen molar-refractivity contribution in [3.8, 4) is 0 Å². The topological polar surface area (TPSA) is 55.1 Å². The quantitative estimate of drug-likeness (QED) is 0.896. The van der Waals surface area contributed by atoms with E-state index in [1.54, 1.807) is 19.9 Å². The summed E-state index contributed by atoms with van der Waals surface area (Å²) in [6.45, 7) is 3.93. The molecule has 0 radical (unpaired) electrons. The van der Waals surface area contributed by atoms with Gasteiger partial charge in [-0.1, -0.05) is 28.9 Å². The smallest absolute Gasteiger partial charge is 0.224 e. The van der Waals surface area contributed by atoms with Gasteiger partial charge in [0.1, 0.15) is 5.82 Å². The highest BCUT2D eigenvalue weighted by atomic mass is 79.9. The summed E-state index contributed by atoms with van der Waals surface area (Å²) in [4.78, 5) is 11.7. The number of nitrogens with two attached hydrogens (primary N) is 1. The second-order valence-electron chi connectivity index (χ2n) is 4.10. The number of rotatable bonds is 4. The normalized spacial score (nSPS) is 14.2. The van der Waals surface area contributed by atoms with Gasteiger partial charge in [-0.2, -0.15) is 0 Å². The highest BCUT2D eigenvalue weighted by molar-refractivity contribution is 9.10. The van der Waals surface area contributed by atoms with E-state index in [-0.39, 0.29) is 23.7 Å². The van der Waals surface area contributed by atoms with Crippen molar-refractivity contribution in [2.75, 3.05) is 0 Å². The van der Waals surface area contributed by atoms with Gasteiger partial charge in [0.25, 0.3) is 0 Å². The average Bonchev–Trinajstić information content (AvgIpc) is 2.26. The van der Waals surface area contributed by atoms with Gasteiger partial charge in [-0.3, -0.25) is 4.79 Å². The molecule has 3 N–H and O–H groups in total. The van der Waals surface area contributed by atoms with E-state index < -0.39 is 0 Å². The molecule has 0 aliphatic carbocycles. The Morgan fingerprint density at radius 3 is 2.71 bits per heavy atom. The molecule has 94 valence electrons. The Morgan fingerprint density at radius 2 is 2.18 bits per heavy atom. The van der Waals surface area contributed by atoms with Crippen molar-refractivity contribution in [1.82, 2.24) is 5.32 Å². The number of nitrogens with one attached hydrogen (secondary N) is 1. The molecule has 5 heteroatoms. The van der Waals surface area contributed by atoms with Crippen LogP contribution in [0.5, 0.6) is 0 Å². The molecule has 2 atom stereocenters. The van der Waals surface area contributed by atoms with E-state index in [9.17, 15) is 9.18 Å². The van der Waals surface area contributed by atoms with Crippen LogP contribution in [0.1, 0.15) is 19.4 Å². The van der Waals surface area contributed by atoms with Gasteiger partial charge in [-0.25, -0.2) is 4.39 Å². The molecule has 0 fully saturated rings. The molecule has 1 aromatic rings. The molecule has 0 aromatic heterocycles. The van der Waals surface area contributed by atoms with E-state index >= 15 is 0 Å². The molecule has 2 unspecified atom stereocenters. The van der Waals surface area contributed by atoms with E-state index in [1.807, 2.05) is 0 Å². The zero-order chi connectivity index (χ0) is 13.0. The molecule has 0 bridgehead atoms. The fraction of sp³-hybridized carbons (Fsp3) is 0.417. The maximum absolute atomic E-state index is 12.8. The van der Waals surface area contributed by atoms with Gasteiger partial charge >= 0.3 is 0 Å². The number of benzene rings is 1. The third-order valence-corrected chi connectivity index (χ3v) is 3.41. The molecule has 17 heavy (non-hydrogen) atoms. The van der Waals surface area contributed by atoms with Crippen molar-refractivity contribution in [2.24, 2.45) is 11.7 Å². The predicted molar refractivity (Wildman–Crippen MR) is 68.8 cm³/mol. The first-order valence-electron chi connectivity index (χ1n) is 5.39. The lowest BCUT2D eigenvalue weighted by molar-refractivity contribution is -0.125. The van der Waals surface area contributed by atoms with Crippen LogP contribution in [0.4, 0.5) is 4.39 Å². The van der Waals surface area contributed by atoms with Gasteiger partial charge in [0.2, 0.25) is 5.91 Å². The summed E-state index contributed by atoms with van der Waals surface area (Å²) in [5.41, 5.74) is 6.47. The number of carbonyl (C=O) groups excluding carboxylic acids is 1. The van der Waals surface area contributed by atoms with Gasteiger partial charge in [0, 0.05) is 23.0 Å². The van der Waals surface area contributed by atoms with Crippen LogP contribution in [0.15, 0.2) is 22.7 Å². The second-order valence-corrected chi connectivity index (χ2v) is 4.96. The summed E-state index contributed by atoms with van der Waals surface area (Å²) in [7, 11) is 0. The Labute approximate surface area is 109 Å². The van der Waals surface area contributed by atoms with Gasteiger partial charge in [-0.05, 0) is 24.6 Å². The largest absolute Gasteiger partial charge is 0.352 e. The Bertz CT molecular complexity index is 409. The van der Waals surface area contributed by atoms with E-state index in [1.165, 1.54) is 12.1 Å². The Morgan fingerprint density at radius 1 is 1.53 bits per heavy atom. The first kappa shape index (κ1) is 14.1. The lowest BCUT2D eigenvalue weighted by atomic mass is 10.0. The van der Waals surface area contributed by atoms with Crippen molar-refractivity contribution in [3.05, 3.63) is 34.1 Å². The zero-order valence-electron chi connectivity index (χ0n) is 9.84. The maximum Gasteiger partial charge on any atom is 0.224 e. The lowest BCUT2D eigenvalue weighted by Gasteiger charge is -2.15. The molecule has 0 saturated carbocycles. The third kappa shape index (κ3) is 4.09. The zero-order valence-corrected chi connectivity index (χ0v) is 11.4. The fourth-order valence-corrected chi connectivity index (χ4v) is 1.74. The first-order chi connectivity index (χ1) is 7.91. The number of hydrogen-bond donors (Lipinski definition) is 2. The van der Waals surface area contributed by atoms with Crippen molar-refractivity contribution >= 4 is 21.8 Å². The molecule has 0 aliphatic heterocycles. The summed E-state index contributed by atoms with van der Waals surface area (Å²) >= 11 is 3.25.